The number of nitrogens with zero attached hydrogens (tertiary/aromatic N) is 5. The van der Waals surface area contributed by atoms with Crippen LogP contribution in [0.2, 0.25) is 0 Å². The van der Waals surface area contributed by atoms with Crippen molar-refractivity contribution in [3.63, 3.8) is 0 Å². The number of rotatable bonds is 9. The Labute approximate surface area is 197 Å². The second-order valence-electron chi connectivity index (χ2n) is 8.42. The standard InChI is InChI=1S/C21H31N5O.C2HF3O2/c1-5-7-10-25(6-2)20(27)19-11-17(15-26(19)14-16-8-9-16)18-12-22-21(23-13-18)24(3)4;3-2(4,5)1(6)7/h11-13,15-16H,5-10,14H2,1-4H3;(H,6,7). The van der Waals surface area contributed by atoms with Crippen LogP contribution in [0.5, 0.6) is 0 Å². The molecule has 8 nitrogen and oxygen atoms in total. The van der Waals surface area contributed by atoms with Gasteiger partial charge in [-0.3, -0.25) is 4.79 Å². The zero-order chi connectivity index (χ0) is 25.5. The maximum Gasteiger partial charge on any atom is 0.490 e. The maximum absolute atomic E-state index is 13.2. The number of hydrogen-bond acceptors (Lipinski definition) is 5. The molecule has 188 valence electrons. The van der Waals surface area contributed by atoms with Gasteiger partial charge in [-0.15, -0.1) is 0 Å². The van der Waals surface area contributed by atoms with E-state index in [2.05, 4.69) is 34.6 Å². The number of halogens is 3. The molecule has 0 radical (unpaired) electrons. The Kier molecular flexibility index (Phi) is 9.46. The normalized spacial score (nSPS) is 13.1. The third kappa shape index (κ3) is 7.74. The van der Waals surface area contributed by atoms with Gasteiger partial charge in [0.15, 0.2) is 0 Å². The Balaban J connectivity index is 0.000000509. The summed E-state index contributed by atoms with van der Waals surface area (Å²) in [6.07, 6.45) is 5.32. The van der Waals surface area contributed by atoms with Crippen LogP contribution in [0.15, 0.2) is 24.7 Å². The Morgan fingerprint density at radius 1 is 1.15 bits per heavy atom. The summed E-state index contributed by atoms with van der Waals surface area (Å²) in [6, 6.07) is 2.01. The van der Waals surface area contributed by atoms with Crippen molar-refractivity contribution in [1.82, 2.24) is 19.4 Å². The highest BCUT2D eigenvalue weighted by Crippen LogP contribution is 2.33. The first-order chi connectivity index (χ1) is 16.0. The van der Waals surface area contributed by atoms with E-state index in [1.54, 1.807) is 0 Å². The molecule has 0 aromatic carbocycles. The van der Waals surface area contributed by atoms with Crippen LogP contribution in [0.3, 0.4) is 0 Å². The second kappa shape index (κ2) is 11.8. The minimum atomic E-state index is -5.08. The number of aliphatic carboxylic acids is 1. The number of amides is 1. The van der Waals surface area contributed by atoms with E-state index >= 15 is 0 Å². The van der Waals surface area contributed by atoms with Crippen molar-refractivity contribution in [1.29, 1.82) is 0 Å². The highest BCUT2D eigenvalue weighted by atomic mass is 19.4. The fraction of sp³-hybridized carbons (Fsp3) is 0.565. The predicted octanol–water partition coefficient (Wildman–Crippen LogP) is 4.32. The molecule has 0 spiro atoms. The highest BCUT2D eigenvalue weighted by molar-refractivity contribution is 5.94. The third-order valence-electron chi connectivity index (χ3n) is 5.33. The largest absolute Gasteiger partial charge is 0.490 e. The zero-order valence-corrected chi connectivity index (χ0v) is 20.0. The number of aromatic nitrogens is 3. The molecular weight excluding hydrogens is 451 g/mol. The molecule has 0 bridgehead atoms. The topological polar surface area (TPSA) is 91.6 Å². The number of unbranched alkanes of at least 4 members (excludes halogenated alkanes) is 1. The first kappa shape index (κ1) is 27.1. The van der Waals surface area contributed by atoms with E-state index in [1.165, 1.54) is 12.8 Å². The lowest BCUT2D eigenvalue weighted by Gasteiger charge is -2.21. The van der Waals surface area contributed by atoms with E-state index < -0.39 is 12.1 Å². The average molecular weight is 484 g/mol. The molecule has 3 rings (SSSR count). The maximum atomic E-state index is 13.2. The van der Waals surface area contributed by atoms with Crippen LogP contribution in [0.1, 0.15) is 50.0 Å². The zero-order valence-electron chi connectivity index (χ0n) is 20.0. The molecule has 1 saturated carbocycles. The predicted molar refractivity (Wildman–Crippen MR) is 123 cm³/mol. The first-order valence-electron chi connectivity index (χ1n) is 11.3. The minimum Gasteiger partial charge on any atom is -0.475 e. The van der Waals surface area contributed by atoms with Gasteiger partial charge in [-0.25, -0.2) is 14.8 Å². The van der Waals surface area contributed by atoms with Gasteiger partial charge in [0.1, 0.15) is 5.69 Å². The number of carboxylic acid groups (broad SMARTS) is 1. The summed E-state index contributed by atoms with van der Waals surface area (Å²) in [7, 11) is 3.85. The summed E-state index contributed by atoms with van der Waals surface area (Å²) in [6.45, 7) is 6.68. The summed E-state index contributed by atoms with van der Waals surface area (Å²) in [5.41, 5.74) is 2.74. The molecule has 2 heterocycles. The molecule has 2 aromatic heterocycles. The van der Waals surface area contributed by atoms with Crippen molar-refractivity contribution >= 4 is 17.8 Å². The highest BCUT2D eigenvalue weighted by Gasteiger charge is 2.38. The first-order valence-corrected chi connectivity index (χ1v) is 11.3. The second-order valence-corrected chi connectivity index (χ2v) is 8.42. The van der Waals surface area contributed by atoms with Crippen LogP contribution in [-0.2, 0) is 11.3 Å². The van der Waals surface area contributed by atoms with Crippen LogP contribution < -0.4 is 4.90 Å². The van der Waals surface area contributed by atoms with Gasteiger partial charge in [0.25, 0.3) is 5.91 Å². The van der Waals surface area contributed by atoms with Crippen molar-refractivity contribution < 1.29 is 27.9 Å². The van der Waals surface area contributed by atoms with Gasteiger partial charge < -0.3 is 19.5 Å². The fourth-order valence-electron chi connectivity index (χ4n) is 3.19. The Bertz CT molecular complexity index is 954. The number of carboxylic acids is 1. The molecule has 0 unspecified atom stereocenters. The average Bonchev–Trinajstić information content (AvgIpc) is 3.50. The summed E-state index contributed by atoms with van der Waals surface area (Å²) < 4.78 is 33.9. The van der Waals surface area contributed by atoms with Gasteiger partial charge in [0.05, 0.1) is 0 Å². The van der Waals surface area contributed by atoms with Crippen LogP contribution in [0.4, 0.5) is 19.1 Å². The SMILES string of the molecule is CCCCN(CC)C(=O)c1cc(-c2cnc(N(C)C)nc2)cn1CC1CC1.O=C(O)C(F)(F)F. The molecule has 1 aliphatic rings. The van der Waals surface area contributed by atoms with E-state index in [9.17, 15) is 18.0 Å². The van der Waals surface area contributed by atoms with E-state index in [0.717, 1.165) is 49.3 Å². The van der Waals surface area contributed by atoms with Gasteiger partial charge in [0, 0.05) is 63.4 Å². The Hall–Kier alpha value is -3.11. The summed E-state index contributed by atoms with van der Waals surface area (Å²) >= 11 is 0. The minimum absolute atomic E-state index is 0.128. The summed E-state index contributed by atoms with van der Waals surface area (Å²) in [5, 5.41) is 7.12. The van der Waals surface area contributed by atoms with Crippen LogP contribution in [-0.4, -0.2) is 69.8 Å². The monoisotopic (exact) mass is 483 g/mol. The molecule has 1 N–H and O–H groups in total. The number of hydrogen-bond donors (Lipinski definition) is 1. The summed E-state index contributed by atoms with van der Waals surface area (Å²) in [4.78, 5) is 34.7. The quantitative estimate of drug-likeness (QED) is 0.571. The lowest BCUT2D eigenvalue weighted by atomic mass is 10.2. The smallest absolute Gasteiger partial charge is 0.475 e. The molecule has 0 aliphatic heterocycles. The molecule has 0 atom stereocenters. The molecular formula is C23H32F3N5O3. The van der Waals surface area contributed by atoms with Gasteiger partial charge in [0.2, 0.25) is 5.95 Å². The molecule has 34 heavy (non-hydrogen) atoms. The Morgan fingerprint density at radius 3 is 2.18 bits per heavy atom. The van der Waals surface area contributed by atoms with Crippen molar-refractivity contribution in [3.8, 4) is 11.1 Å². The molecule has 0 saturated heterocycles. The van der Waals surface area contributed by atoms with Crippen molar-refractivity contribution in [2.75, 3.05) is 32.1 Å². The number of anilines is 1. The number of carbonyl (C=O) groups excluding carboxylic acids is 1. The molecule has 1 amide bonds. The van der Waals surface area contributed by atoms with Crippen LogP contribution in [0.25, 0.3) is 11.1 Å². The number of carbonyl (C=O) groups is 2. The van der Waals surface area contributed by atoms with E-state index in [-0.39, 0.29) is 5.91 Å². The van der Waals surface area contributed by atoms with Crippen LogP contribution in [0, 0.1) is 5.92 Å². The van der Waals surface area contributed by atoms with Gasteiger partial charge in [-0.1, -0.05) is 13.3 Å². The van der Waals surface area contributed by atoms with E-state index in [0.29, 0.717) is 11.9 Å². The van der Waals surface area contributed by atoms with Gasteiger partial charge in [-0.2, -0.15) is 13.2 Å². The van der Waals surface area contributed by atoms with Crippen molar-refractivity contribution in [3.05, 3.63) is 30.4 Å². The van der Waals surface area contributed by atoms with Crippen LogP contribution >= 0.6 is 0 Å². The molecule has 2 aromatic rings. The Morgan fingerprint density at radius 2 is 1.74 bits per heavy atom. The molecule has 1 aliphatic carbocycles. The van der Waals surface area contributed by atoms with Crippen molar-refractivity contribution in [2.24, 2.45) is 5.92 Å². The fourth-order valence-corrected chi connectivity index (χ4v) is 3.19. The number of alkyl halides is 3. The van der Waals surface area contributed by atoms with Gasteiger partial charge >= 0.3 is 12.1 Å². The van der Waals surface area contributed by atoms with E-state index in [4.69, 9.17) is 9.90 Å². The van der Waals surface area contributed by atoms with Crippen molar-refractivity contribution in [2.45, 2.75) is 52.3 Å². The molecule has 1 fully saturated rings. The third-order valence-corrected chi connectivity index (χ3v) is 5.33. The lowest BCUT2D eigenvalue weighted by molar-refractivity contribution is -0.192. The summed E-state index contributed by atoms with van der Waals surface area (Å²) in [5.74, 6) is -1.24. The van der Waals surface area contributed by atoms with Gasteiger partial charge in [-0.05, 0) is 38.2 Å². The van der Waals surface area contributed by atoms with E-state index in [1.807, 2.05) is 42.4 Å². The molecule has 11 heteroatoms. The lowest BCUT2D eigenvalue weighted by Crippen LogP contribution is -2.33.